The largest absolute Gasteiger partial charge is 0.480 e. The van der Waals surface area contributed by atoms with E-state index in [1.807, 2.05) is 0 Å². The molecule has 17 heavy (non-hydrogen) atoms. The lowest BCUT2D eigenvalue weighted by atomic mass is 10.2. The molecular formula is C10H17NO5S. The number of sulfonamides is 1. The molecule has 1 atom stereocenters. The summed E-state index contributed by atoms with van der Waals surface area (Å²) in [5.41, 5.74) is 0. The number of hydrogen-bond acceptors (Lipinski definition) is 4. The average Bonchev–Trinajstić information content (AvgIpc) is 2.80. The first kappa shape index (κ1) is 12.8. The topological polar surface area (TPSA) is 83.9 Å². The number of carboxylic acids is 1. The minimum atomic E-state index is -3.48. The van der Waals surface area contributed by atoms with Gasteiger partial charge in [-0.15, -0.1) is 0 Å². The van der Waals surface area contributed by atoms with Crippen molar-refractivity contribution in [2.45, 2.75) is 37.0 Å². The molecular weight excluding hydrogens is 246 g/mol. The molecule has 0 bridgehead atoms. The number of nitrogens with zero attached hydrogens (tertiary/aromatic N) is 1. The van der Waals surface area contributed by atoms with E-state index in [-0.39, 0.29) is 0 Å². The molecule has 0 spiro atoms. The number of carbonyl (C=O) groups is 1. The normalized spacial score (nSPS) is 28.4. The van der Waals surface area contributed by atoms with Gasteiger partial charge in [0.2, 0.25) is 10.0 Å². The van der Waals surface area contributed by atoms with Crippen LogP contribution in [0.1, 0.15) is 25.7 Å². The van der Waals surface area contributed by atoms with Crippen LogP contribution in [0.2, 0.25) is 0 Å². The van der Waals surface area contributed by atoms with Crippen LogP contribution >= 0.6 is 0 Å². The highest BCUT2D eigenvalue weighted by molar-refractivity contribution is 7.89. The summed E-state index contributed by atoms with van der Waals surface area (Å²) in [5.74, 6) is -1.04. The molecule has 0 aromatic heterocycles. The van der Waals surface area contributed by atoms with Gasteiger partial charge in [-0.2, -0.15) is 4.31 Å². The Balaban J connectivity index is 2.16. The van der Waals surface area contributed by atoms with Crippen LogP contribution in [-0.2, 0) is 19.6 Å². The van der Waals surface area contributed by atoms with E-state index < -0.39 is 27.3 Å². The third kappa shape index (κ3) is 2.46. The first-order valence-corrected chi connectivity index (χ1v) is 7.35. The lowest BCUT2D eigenvalue weighted by molar-refractivity contribution is -0.140. The lowest BCUT2D eigenvalue weighted by Gasteiger charge is -2.29. The van der Waals surface area contributed by atoms with Gasteiger partial charge < -0.3 is 9.84 Å². The molecule has 0 aromatic rings. The van der Waals surface area contributed by atoms with Crippen molar-refractivity contribution >= 4 is 16.0 Å². The van der Waals surface area contributed by atoms with Gasteiger partial charge in [0.05, 0.1) is 5.25 Å². The zero-order valence-electron chi connectivity index (χ0n) is 9.54. The Morgan fingerprint density at radius 3 is 2.47 bits per heavy atom. The summed E-state index contributed by atoms with van der Waals surface area (Å²) >= 11 is 0. The molecule has 2 rings (SSSR count). The van der Waals surface area contributed by atoms with Crippen molar-refractivity contribution in [2.24, 2.45) is 0 Å². The summed E-state index contributed by atoms with van der Waals surface area (Å²) in [4.78, 5) is 11.0. The molecule has 2 fully saturated rings. The van der Waals surface area contributed by atoms with Crippen LogP contribution in [0.3, 0.4) is 0 Å². The Labute approximate surface area is 101 Å². The molecule has 0 unspecified atom stereocenters. The van der Waals surface area contributed by atoms with E-state index >= 15 is 0 Å². The monoisotopic (exact) mass is 263 g/mol. The van der Waals surface area contributed by atoms with Crippen LogP contribution in [0.15, 0.2) is 0 Å². The van der Waals surface area contributed by atoms with Crippen molar-refractivity contribution in [3.8, 4) is 0 Å². The van der Waals surface area contributed by atoms with Gasteiger partial charge in [-0.3, -0.25) is 4.79 Å². The molecule has 2 saturated heterocycles. The van der Waals surface area contributed by atoms with Gasteiger partial charge in [-0.05, 0) is 25.7 Å². The van der Waals surface area contributed by atoms with Gasteiger partial charge in [-0.1, -0.05) is 0 Å². The molecule has 0 aliphatic carbocycles. The predicted molar refractivity (Wildman–Crippen MR) is 60.1 cm³/mol. The van der Waals surface area contributed by atoms with Crippen LogP contribution in [0.5, 0.6) is 0 Å². The van der Waals surface area contributed by atoms with Gasteiger partial charge in [0.25, 0.3) is 0 Å². The van der Waals surface area contributed by atoms with E-state index in [2.05, 4.69) is 0 Å². The zero-order valence-corrected chi connectivity index (χ0v) is 10.4. The molecule has 2 aliphatic rings. The number of ether oxygens (including phenoxy) is 1. The fourth-order valence-corrected chi connectivity index (χ4v) is 4.56. The van der Waals surface area contributed by atoms with Crippen molar-refractivity contribution in [1.82, 2.24) is 4.31 Å². The second-order valence-electron chi connectivity index (χ2n) is 4.46. The minimum Gasteiger partial charge on any atom is -0.480 e. The van der Waals surface area contributed by atoms with Crippen molar-refractivity contribution in [1.29, 1.82) is 0 Å². The van der Waals surface area contributed by atoms with Crippen molar-refractivity contribution in [3.05, 3.63) is 0 Å². The maximum Gasteiger partial charge on any atom is 0.322 e. The first-order chi connectivity index (χ1) is 8.03. The summed E-state index contributed by atoms with van der Waals surface area (Å²) in [6.07, 6.45) is 1.97. The summed E-state index contributed by atoms with van der Waals surface area (Å²) in [6, 6.07) is -0.872. The van der Waals surface area contributed by atoms with E-state index in [4.69, 9.17) is 9.84 Å². The third-order valence-corrected chi connectivity index (χ3v) is 5.81. The van der Waals surface area contributed by atoms with Gasteiger partial charge in [0.15, 0.2) is 0 Å². The van der Waals surface area contributed by atoms with E-state index in [0.717, 1.165) is 0 Å². The molecule has 0 aromatic carbocycles. The fourth-order valence-electron chi connectivity index (χ4n) is 2.46. The van der Waals surface area contributed by atoms with Crippen LogP contribution in [-0.4, -0.2) is 54.8 Å². The van der Waals surface area contributed by atoms with Crippen LogP contribution < -0.4 is 0 Å². The minimum absolute atomic E-state index is 0.330. The van der Waals surface area contributed by atoms with E-state index in [1.54, 1.807) is 0 Å². The smallest absolute Gasteiger partial charge is 0.322 e. The highest BCUT2D eigenvalue weighted by atomic mass is 32.2. The molecule has 0 radical (unpaired) electrons. The highest BCUT2D eigenvalue weighted by Gasteiger charge is 2.42. The van der Waals surface area contributed by atoms with E-state index in [9.17, 15) is 13.2 Å². The Morgan fingerprint density at radius 2 is 1.88 bits per heavy atom. The molecule has 2 heterocycles. The maximum atomic E-state index is 12.3. The second kappa shape index (κ2) is 4.91. The lowest BCUT2D eigenvalue weighted by Crippen LogP contribution is -2.46. The average molecular weight is 263 g/mol. The fraction of sp³-hybridized carbons (Fsp3) is 0.900. The van der Waals surface area contributed by atoms with Crippen LogP contribution in [0.4, 0.5) is 0 Å². The number of hydrogen-bond donors (Lipinski definition) is 1. The molecule has 0 saturated carbocycles. The number of carboxylic acid groups (broad SMARTS) is 1. The predicted octanol–water partition coefficient (Wildman–Crippen LogP) is 0.0442. The third-order valence-electron chi connectivity index (χ3n) is 3.41. The van der Waals surface area contributed by atoms with Crippen molar-refractivity contribution < 1.29 is 23.1 Å². The van der Waals surface area contributed by atoms with Gasteiger partial charge in [0.1, 0.15) is 6.04 Å². The van der Waals surface area contributed by atoms with Crippen LogP contribution in [0, 0.1) is 0 Å². The summed E-state index contributed by atoms with van der Waals surface area (Å²) in [7, 11) is -3.48. The SMILES string of the molecule is O=C(O)[C@@H]1CCCN1S(=O)(=O)C1CCOCC1. The Morgan fingerprint density at radius 1 is 1.24 bits per heavy atom. The van der Waals surface area contributed by atoms with Gasteiger partial charge >= 0.3 is 5.97 Å². The second-order valence-corrected chi connectivity index (χ2v) is 6.63. The molecule has 7 heteroatoms. The molecule has 98 valence electrons. The van der Waals surface area contributed by atoms with Crippen molar-refractivity contribution in [2.75, 3.05) is 19.8 Å². The standard InChI is InChI=1S/C10H17NO5S/c12-10(13)9-2-1-5-11(9)17(14,15)8-3-6-16-7-4-8/h8-9H,1-7H2,(H,12,13)/t9-/m0/s1. The Bertz CT molecular complexity index is 388. The van der Waals surface area contributed by atoms with Gasteiger partial charge in [0, 0.05) is 19.8 Å². The van der Waals surface area contributed by atoms with E-state index in [1.165, 1.54) is 4.31 Å². The summed E-state index contributed by atoms with van der Waals surface area (Å²) in [5, 5.41) is 8.54. The summed E-state index contributed by atoms with van der Waals surface area (Å²) in [6.45, 7) is 1.21. The van der Waals surface area contributed by atoms with E-state index in [0.29, 0.717) is 45.4 Å². The molecule has 6 nitrogen and oxygen atoms in total. The maximum absolute atomic E-state index is 12.3. The summed E-state index contributed by atoms with van der Waals surface area (Å²) < 4.78 is 30.9. The molecule has 2 aliphatic heterocycles. The highest BCUT2D eigenvalue weighted by Crippen LogP contribution is 2.27. The number of aliphatic carboxylic acids is 1. The zero-order chi connectivity index (χ0) is 12.5. The van der Waals surface area contributed by atoms with Gasteiger partial charge in [-0.25, -0.2) is 8.42 Å². The van der Waals surface area contributed by atoms with Crippen LogP contribution in [0.25, 0.3) is 0 Å². The first-order valence-electron chi connectivity index (χ1n) is 5.84. The molecule has 0 amide bonds. The van der Waals surface area contributed by atoms with Crippen molar-refractivity contribution in [3.63, 3.8) is 0 Å². The Hall–Kier alpha value is -0.660. The number of rotatable bonds is 3. The molecule has 1 N–H and O–H groups in total. The Kier molecular flexibility index (Phi) is 3.70. The quantitative estimate of drug-likeness (QED) is 0.777.